The van der Waals surface area contributed by atoms with Crippen LogP contribution in [0, 0.1) is 6.92 Å². The summed E-state index contributed by atoms with van der Waals surface area (Å²) in [6.45, 7) is 2.69. The van der Waals surface area contributed by atoms with Gasteiger partial charge in [0.05, 0.1) is 29.7 Å². The van der Waals surface area contributed by atoms with Crippen LogP contribution in [0.15, 0.2) is 78.9 Å². The number of methoxy groups -OCH3 is 1. The van der Waals surface area contributed by atoms with Crippen molar-refractivity contribution in [2.24, 2.45) is 0 Å². The highest BCUT2D eigenvalue weighted by molar-refractivity contribution is 6.09. The van der Waals surface area contributed by atoms with Gasteiger partial charge in [-0.25, -0.2) is 4.68 Å². The Hall–Kier alpha value is -3.80. The molecule has 3 heterocycles. The fourth-order valence-electron chi connectivity index (χ4n) is 3.93. The molecular weight excluding hydrogens is 376 g/mol. The van der Waals surface area contributed by atoms with Crippen molar-refractivity contribution < 1.29 is 9.53 Å². The Morgan fingerprint density at radius 3 is 2.80 bits per heavy atom. The third-order valence-corrected chi connectivity index (χ3v) is 5.47. The van der Waals surface area contributed by atoms with Gasteiger partial charge in [0.25, 0.3) is 5.91 Å². The number of anilines is 1. The first-order chi connectivity index (χ1) is 14.6. The summed E-state index contributed by atoms with van der Waals surface area (Å²) in [5, 5.41) is 4.44. The van der Waals surface area contributed by atoms with Crippen LogP contribution in [0.1, 0.15) is 28.0 Å². The van der Waals surface area contributed by atoms with Crippen LogP contribution in [0.3, 0.4) is 0 Å². The van der Waals surface area contributed by atoms with Crippen molar-refractivity contribution in [2.45, 2.75) is 19.9 Å². The smallest absolute Gasteiger partial charge is 0.266 e. The summed E-state index contributed by atoms with van der Waals surface area (Å²) < 4.78 is 7.38. The topological polar surface area (TPSA) is 50.6 Å². The van der Waals surface area contributed by atoms with Gasteiger partial charge < -0.3 is 9.64 Å². The fraction of sp³-hybridized carbons (Fsp3) is 0.167. The van der Waals surface area contributed by atoms with Gasteiger partial charge in [-0.2, -0.15) is 5.10 Å². The number of hydrogen-bond donors (Lipinski definition) is 0. The average molecular weight is 398 g/mol. The largest absolute Gasteiger partial charge is 0.496 e. The Labute approximate surface area is 175 Å². The van der Waals surface area contributed by atoms with E-state index in [0.29, 0.717) is 11.3 Å². The molecular formula is C24H22N4O2. The molecule has 0 fully saturated rings. The molecule has 6 nitrogen and oxygen atoms in total. The molecule has 0 spiro atoms. The lowest BCUT2D eigenvalue weighted by Crippen LogP contribution is -2.26. The highest BCUT2D eigenvalue weighted by Gasteiger charge is 2.27. The Morgan fingerprint density at radius 1 is 1.13 bits per heavy atom. The number of amides is 1. The minimum absolute atomic E-state index is 0.122. The minimum Gasteiger partial charge on any atom is -0.496 e. The Morgan fingerprint density at radius 2 is 2.00 bits per heavy atom. The molecule has 150 valence electrons. The van der Waals surface area contributed by atoms with Crippen LogP contribution in [-0.4, -0.2) is 27.7 Å². The molecule has 0 radical (unpaired) electrons. The van der Waals surface area contributed by atoms with Crippen molar-refractivity contribution >= 4 is 11.6 Å². The second kappa shape index (κ2) is 7.22. The number of hydrogen-bond acceptors (Lipinski definition) is 4. The molecule has 2 aromatic carbocycles. The number of aryl methyl sites for hydroxylation is 1. The van der Waals surface area contributed by atoms with E-state index >= 15 is 0 Å². The number of fused-ring (bicyclic) bond motifs is 2. The summed E-state index contributed by atoms with van der Waals surface area (Å²) in [6, 6.07) is 15.5. The summed E-state index contributed by atoms with van der Waals surface area (Å²) in [5.41, 5.74) is 5.38. The number of allylic oxidation sites excluding steroid dienone is 1. The van der Waals surface area contributed by atoms with Crippen molar-refractivity contribution in [2.75, 3.05) is 12.0 Å². The molecule has 0 bridgehead atoms. The number of benzene rings is 2. The standard InChI is InChI=1S/C24H22N4O2/c1-17-11-13-28(25-17)19-9-10-21(23(14-19)30-2)24(29)27-16-20-7-5-12-26(20)15-18-6-3-4-8-22(18)27/h3-6,8-14,16H,7,15H2,1-2H3. The molecule has 0 saturated heterocycles. The zero-order valence-corrected chi connectivity index (χ0v) is 16.9. The maximum Gasteiger partial charge on any atom is 0.266 e. The quantitative estimate of drug-likeness (QED) is 0.656. The van der Waals surface area contributed by atoms with Crippen molar-refractivity contribution in [3.8, 4) is 11.4 Å². The van der Waals surface area contributed by atoms with E-state index in [-0.39, 0.29) is 5.91 Å². The summed E-state index contributed by atoms with van der Waals surface area (Å²) >= 11 is 0. The lowest BCUT2D eigenvalue weighted by Gasteiger charge is -2.21. The van der Waals surface area contributed by atoms with E-state index in [9.17, 15) is 4.79 Å². The van der Waals surface area contributed by atoms with Gasteiger partial charge in [-0.05, 0) is 36.8 Å². The summed E-state index contributed by atoms with van der Waals surface area (Å²) in [4.78, 5) is 17.6. The summed E-state index contributed by atoms with van der Waals surface area (Å²) in [5.74, 6) is 0.399. The van der Waals surface area contributed by atoms with Crippen molar-refractivity contribution in [1.29, 1.82) is 0 Å². The molecule has 0 saturated carbocycles. The lowest BCUT2D eigenvalue weighted by molar-refractivity contribution is 0.0994. The van der Waals surface area contributed by atoms with Gasteiger partial charge in [0.15, 0.2) is 0 Å². The average Bonchev–Trinajstić information content (AvgIpc) is 3.37. The Kier molecular flexibility index (Phi) is 4.39. The van der Waals surface area contributed by atoms with Gasteiger partial charge in [0.2, 0.25) is 0 Å². The molecule has 5 rings (SSSR count). The number of carbonyl (C=O) groups excluding carboxylic acids is 1. The van der Waals surface area contributed by atoms with Gasteiger partial charge in [0.1, 0.15) is 5.75 Å². The first kappa shape index (κ1) is 18.2. The van der Waals surface area contributed by atoms with Crippen LogP contribution in [0.5, 0.6) is 5.75 Å². The van der Waals surface area contributed by atoms with E-state index in [0.717, 1.165) is 41.3 Å². The van der Waals surface area contributed by atoms with E-state index < -0.39 is 0 Å². The SMILES string of the molecule is COc1cc(-n2ccc(C)n2)ccc1C(=O)N1C=C2CC=CN2Cc2ccccc21. The predicted molar refractivity (Wildman–Crippen MR) is 115 cm³/mol. The summed E-state index contributed by atoms with van der Waals surface area (Å²) in [6.07, 6.45) is 8.84. The van der Waals surface area contributed by atoms with Gasteiger partial charge in [-0.3, -0.25) is 9.69 Å². The maximum atomic E-state index is 13.7. The molecule has 0 aliphatic carbocycles. The highest BCUT2D eigenvalue weighted by Crippen LogP contribution is 2.34. The fourth-order valence-corrected chi connectivity index (χ4v) is 3.93. The third-order valence-electron chi connectivity index (χ3n) is 5.47. The second-order valence-electron chi connectivity index (χ2n) is 7.43. The van der Waals surface area contributed by atoms with Crippen LogP contribution in [0.2, 0.25) is 0 Å². The highest BCUT2D eigenvalue weighted by atomic mass is 16.5. The van der Waals surface area contributed by atoms with Crippen LogP contribution in [-0.2, 0) is 6.54 Å². The number of para-hydroxylation sites is 1. The monoisotopic (exact) mass is 398 g/mol. The minimum atomic E-state index is -0.122. The normalized spacial score (nSPS) is 14.8. The van der Waals surface area contributed by atoms with Gasteiger partial charge >= 0.3 is 0 Å². The van der Waals surface area contributed by atoms with Crippen molar-refractivity contribution in [1.82, 2.24) is 14.7 Å². The van der Waals surface area contributed by atoms with Gasteiger partial charge in [0, 0.05) is 43.3 Å². The van der Waals surface area contributed by atoms with Crippen molar-refractivity contribution in [3.63, 3.8) is 0 Å². The predicted octanol–water partition coefficient (Wildman–Crippen LogP) is 4.41. The van der Waals surface area contributed by atoms with Gasteiger partial charge in [-0.1, -0.05) is 24.3 Å². The van der Waals surface area contributed by atoms with Crippen LogP contribution < -0.4 is 9.64 Å². The Balaban J connectivity index is 1.57. The van der Waals surface area contributed by atoms with E-state index in [1.165, 1.54) is 0 Å². The second-order valence-corrected chi connectivity index (χ2v) is 7.43. The van der Waals surface area contributed by atoms with E-state index in [4.69, 9.17) is 4.74 Å². The zero-order chi connectivity index (χ0) is 20.7. The maximum absolute atomic E-state index is 13.7. The van der Waals surface area contributed by atoms with Crippen molar-refractivity contribution in [3.05, 3.63) is 95.7 Å². The summed E-state index contributed by atoms with van der Waals surface area (Å²) in [7, 11) is 1.59. The number of rotatable bonds is 3. The molecule has 6 heteroatoms. The molecule has 0 unspecified atom stereocenters. The first-order valence-electron chi connectivity index (χ1n) is 9.90. The molecule has 2 aliphatic heterocycles. The van der Waals surface area contributed by atoms with E-state index in [2.05, 4.69) is 28.3 Å². The van der Waals surface area contributed by atoms with Crippen LogP contribution >= 0.6 is 0 Å². The molecule has 0 atom stereocenters. The number of carbonyl (C=O) groups is 1. The zero-order valence-electron chi connectivity index (χ0n) is 16.9. The molecule has 1 amide bonds. The van der Waals surface area contributed by atoms with E-state index in [1.54, 1.807) is 16.7 Å². The van der Waals surface area contributed by atoms with Crippen LogP contribution in [0.25, 0.3) is 5.69 Å². The molecule has 3 aromatic rings. The number of ether oxygens (including phenoxy) is 1. The molecule has 0 N–H and O–H groups in total. The van der Waals surface area contributed by atoms with Crippen LogP contribution in [0.4, 0.5) is 5.69 Å². The molecule has 30 heavy (non-hydrogen) atoms. The van der Waals surface area contributed by atoms with Gasteiger partial charge in [-0.15, -0.1) is 0 Å². The number of nitrogens with zero attached hydrogens (tertiary/aromatic N) is 4. The first-order valence-corrected chi connectivity index (χ1v) is 9.90. The Bertz CT molecular complexity index is 1190. The van der Waals surface area contributed by atoms with E-state index in [1.807, 2.05) is 61.8 Å². The number of aromatic nitrogens is 2. The third kappa shape index (κ3) is 3.06. The molecule has 2 aliphatic rings. The lowest BCUT2D eigenvalue weighted by atomic mass is 10.1. The molecule has 1 aromatic heterocycles.